The molecule has 1 amide bonds. The second-order valence-corrected chi connectivity index (χ2v) is 16.2. The zero-order valence-corrected chi connectivity index (χ0v) is 26.4. The summed E-state index contributed by atoms with van der Waals surface area (Å²) in [7, 11) is 0. The van der Waals surface area contributed by atoms with Crippen LogP contribution in [0.3, 0.4) is 0 Å². The van der Waals surface area contributed by atoms with E-state index in [9.17, 15) is 4.79 Å². The fraction of sp³-hybridized carbons (Fsp3) is 0.571. The van der Waals surface area contributed by atoms with E-state index < -0.39 is 0 Å². The van der Waals surface area contributed by atoms with Gasteiger partial charge in [-0.2, -0.15) is 0 Å². The van der Waals surface area contributed by atoms with Crippen LogP contribution >= 0.6 is 67.0 Å². The summed E-state index contributed by atoms with van der Waals surface area (Å²) in [5.41, 5.74) is 5.17. The molecule has 0 bridgehead atoms. The highest BCUT2D eigenvalue weighted by Gasteiger charge is 2.40. The van der Waals surface area contributed by atoms with Gasteiger partial charge in [0.2, 0.25) is 5.91 Å². The number of carbonyl (C=O) groups is 1. The molecule has 2 aromatic rings. The number of carbonyl (C=O) groups excluding carboxylic acids is 1. The van der Waals surface area contributed by atoms with Crippen molar-refractivity contribution < 1.29 is 4.79 Å². The van der Waals surface area contributed by atoms with Gasteiger partial charge in [0.15, 0.2) is 0 Å². The van der Waals surface area contributed by atoms with Crippen LogP contribution in [-0.4, -0.2) is 69.0 Å². The molecule has 3 saturated heterocycles. The Morgan fingerprint density at radius 2 is 1.73 bits per heavy atom. The highest BCUT2D eigenvalue weighted by molar-refractivity contribution is 9.10. The third-order valence-electron chi connectivity index (χ3n) is 8.57. The molecule has 37 heavy (non-hydrogen) atoms. The van der Waals surface area contributed by atoms with Crippen LogP contribution < -0.4 is 0 Å². The highest BCUT2D eigenvalue weighted by Crippen LogP contribution is 2.50. The summed E-state index contributed by atoms with van der Waals surface area (Å²) in [5.74, 6) is 3.52. The minimum absolute atomic E-state index is 0.212. The lowest BCUT2D eigenvalue weighted by atomic mass is 9.76. The number of aromatic nitrogens is 1. The molecule has 1 aromatic heterocycles. The molecular formula is C28H32Br2ClN3OS2. The first-order valence-electron chi connectivity index (χ1n) is 13.3. The van der Waals surface area contributed by atoms with Crippen LogP contribution in [0, 0.1) is 5.92 Å². The third-order valence-corrected chi connectivity index (χ3v) is 13.5. The van der Waals surface area contributed by atoms with Gasteiger partial charge in [-0.1, -0.05) is 27.5 Å². The molecule has 1 aliphatic carbocycles. The number of thioether (sulfide) groups is 2. The van der Waals surface area contributed by atoms with Gasteiger partial charge < -0.3 is 4.90 Å². The van der Waals surface area contributed by atoms with Crippen molar-refractivity contribution in [3.8, 4) is 0 Å². The summed E-state index contributed by atoms with van der Waals surface area (Å²) in [5, 5.41) is 0.777. The number of amides is 1. The molecule has 0 N–H and O–H groups in total. The van der Waals surface area contributed by atoms with E-state index >= 15 is 0 Å². The molecule has 4 heterocycles. The first kappa shape index (κ1) is 26.9. The van der Waals surface area contributed by atoms with E-state index in [2.05, 4.69) is 77.3 Å². The lowest BCUT2D eigenvalue weighted by Gasteiger charge is -2.40. The molecule has 4 aliphatic rings. The maximum Gasteiger partial charge on any atom is 0.236 e. The van der Waals surface area contributed by atoms with Crippen LogP contribution in [0.15, 0.2) is 33.3 Å². The van der Waals surface area contributed by atoms with Crippen molar-refractivity contribution in [3.63, 3.8) is 0 Å². The van der Waals surface area contributed by atoms with Crippen LogP contribution in [0.4, 0.5) is 0 Å². The van der Waals surface area contributed by atoms with Crippen molar-refractivity contribution in [2.24, 2.45) is 5.92 Å². The Hall–Kier alpha value is -0.250. The number of aryl methyl sites for hydroxylation is 2. The Balaban J connectivity index is 1.15. The van der Waals surface area contributed by atoms with Crippen LogP contribution in [0.25, 0.3) is 0 Å². The molecule has 1 spiro atoms. The number of piperidine rings is 2. The average molecular weight is 686 g/mol. The van der Waals surface area contributed by atoms with Crippen LogP contribution in [0.1, 0.15) is 54.0 Å². The van der Waals surface area contributed by atoms with Gasteiger partial charge in [-0.05, 0) is 95.3 Å². The van der Waals surface area contributed by atoms with Gasteiger partial charge in [0.1, 0.15) is 0 Å². The second-order valence-electron chi connectivity index (χ2n) is 10.7. The Morgan fingerprint density at radius 1 is 1.03 bits per heavy atom. The Kier molecular flexibility index (Phi) is 8.25. The molecule has 3 fully saturated rings. The van der Waals surface area contributed by atoms with Crippen molar-refractivity contribution in [1.82, 2.24) is 14.8 Å². The fourth-order valence-corrected chi connectivity index (χ4v) is 11.3. The number of hydrogen-bond acceptors (Lipinski definition) is 5. The van der Waals surface area contributed by atoms with E-state index in [0.29, 0.717) is 22.4 Å². The van der Waals surface area contributed by atoms with Gasteiger partial charge in [-0.15, -0.1) is 23.5 Å². The van der Waals surface area contributed by atoms with Gasteiger partial charge in [0.25, 0.3) is 0 Å². The van der Waals surface area contributed by atoms with Crippen molar-refractivity contribution >= 4 is 72.9 Å². The molecule has 1 aromatic carbocycles. The number of hydrogen-bond donors (Lipinski definition) is 0. The molecule has 198 valence electrons. The number of fused-ring (bicyclic) bond motifs is 2. The summed E-state index contributed by atoms with van der Waals surface area (Å²) in [4.78, 5) is 22.7. The standard InChI is InChI=1S/C28H32Br2ClN3OS2/c29-21-13-20-2-1-19-14-22(31)15-23(30)25(19)26(27(20)32-16-21)18-3-7-34(8-4-18)24(35)17-33-9-5-28(6-10-33)36-11-12-37-28/h13-16,18,26H,1-12,17H2. The quantitative estimate of drug-likeness (QED) is 0.348. The summed E-state index contributed by atoms with van der Waals surface area (Å²) < 4.78 is 2.55. The largest absolute Gasteiger partial charge is 0.342 e. The molecule has 0 saturated carbocycles. The third kappa shape index (κ3) is 5.67. The van der Waals surface area contributed by atoms with Gasteiger partial charge in [0, 0.05) is 63.8 Å². The first-order valence-corrected chi connectivity index (χ1v) is 17.2. The summed E-state index contributed by atoms with van der Waals surface area (Å²) in [6.45, 7) is 4.34. The van der Waals surface area contributed by atoms with Crippen molar-refractivity contribution in [2.75, 3.05) is 44.2 Å². The average Bonchev–Trinajstić information content (AvgIpc) is 3.28. The van der Waals surface area contributed by atoms with Gasteiger partial charge in [-0.3, -0.25) is 14.7 Å². The topological polar surface area (TPSA) is 36.4 Å². The predicted molar refractivity (Wildman–Crippen MR) is 163 cm³/mol. The van der Waals surface area contributed by atoms with E-state index in [1.165, 1.54) is 46.7 Å². The molecule has 1 unspecified atom stereocenters. The monoisotopic (exact) mass is 683 g/mol. The van der Waals surface area contributed by atoms with Crippen LogP contribution in [0.2, 0.25) is 5.02 Å². The predicted octanol–water partition coefficient (Wildman–Crippen LogP) is 7.00. The van der Waals surface area contributed by atoms with Gasteiger partial charge in [-0.25, -0.2) is 0 Å². The van der Waals surface area contributed by atoms with Crippen molar-refractivity contribution in [1.29, 1.82) is 0 Å². The molecule has 6 rings (SSSR count). The van der Waals surface area contributed by atoms with Crippen LogP contribution in [0.5, 0.6) is 0 Å². The summed E-state index contributed by atoms with van der Waals surface area (Å²) >= 11 is 18.3. The minimum atomic E-state index is 0.212. The minimum Gasteiger partial charge on any atom is -0.342 e. The van der Waals surface area contributed by atoms with Crippen LogP contribution in [-0.2, 0) is 17.6 Å². The molecule has 3 aliphatic heterocycles. The van der Waals surface area contributed by atoms with E-state index in [0.717, 1.165) is 65.8 Å². The highest BCUT2D eigenvalue weighted by atomic mass is 79.9. The molecule has 9 heteroatoms. The number of halogens is 3. The molecular weight excluding hydrogens is 654 g/mol. The van der Waals surface area contributed by atoms with Crippen molar-refractivity contribution in [2.45, 2.75) is 48.5 Å². The molecule has 4 nitrogen and oxygen atoms in total. The molecule has 1 atom stereocenters. The number of nitrogens with zero attached hydrogens (tertiary/aromatic N) is 3. The first-order chi connectivity index (χ1) is 17.9. The van der Waals surface area contributed by atoms with Gasteiger partial charge in [0.05, 0.1) is 16.3 Å². The fourth-order valence-electron chi connectivity index (χ4n) is 6.64. The van der Waals surface area contributed by atoms with Crippen molar-refractivity contribution in [3.05, 3.63) is 60.7 Å². The van der Waals surface area contributed by atoms with E-state index in [4.69, 9.17) is 16.6 Å². The summed E-state index contributed by atoms with van der Waals surface area (Å²) in [6.07, 6.45) is 8.27. The molecule has 0 radical (unpaired) electrons. The zero-order chi connectivity index (χ0) is 25.6. The lowest BCUT2D eigenvalue weighted by Crippen LogP contribution is -2.48. The normalized spacial score (nSPS) is 24.1. The number of likely N-dealkylation sites (tertiary alicyclic amines) is 2. The number of benzene rings is 1. The SMILES string of the molecule is O=C(CN1CCC2(CC1)SCCS2)N1CCC(C2c3ncc(Br)cc3CCc3cc(Cl)cc(Br)c32)CC1. The maximum absolute atomic E-state index is 13.3. The Labute approximate surface area is 250 Å². The Morgan fingerprint density at radius 3 is 2.46 bits per heavy atom. The Bertz CT molecular complexity index is 1170. The van der Waals surface area contributed by atoms with E-state index in [-0.39, 0.29) is 5.92 Å². The smallest absolute Gasteiger partial charge is 0.236 e. The zero-order valence-electron chi connectivity index (χ0n) is 20.9. The lowest BCUT2D eigenvalue weighted by molar-refractivity contribution is -0.134. The number of pyridine rings is 1. The second kappa shape index (κ2) is 11.3. The number of rotatable bonds is 3. The summed E-state index contributed by atoms with van der Waals surface area (Å²) in [6, 6.07) is 6.40. The van der Waals surface area contributed by atoms with E-state index in [1.807, 2.05) is 12.3 Å². The van der Waals surface area contributed by atoms with E-state index in [1.54, 1.807) is 0 Å². The maximum atomic E-state index is 13.3. The van der Waals surface area contributed by atoms with Gasteiger partial charge >= 0.3 is 0 Å².